The summed E-state index contributed by atoms with van der Waals surface area (Å²) >= 11 is 0. The Morgan fingerprint density at radius 3 is 2.47 bits per heavy atom. The first-order valence-corrected chi connectivity index (χ1v) is 4.70. The minimum Gasteiger partial charge on any atom is -0.396 e. The Bertz CT molecular complexity index is 530. The Morgan fingerprint density at radius 1 is 1.42 bits per heavy atom. The molecule has 0 bridgehead atoms. The van der Waals surface area contributed by atoms with Gasteiger partial charge in [0, 0.05) is 0 Å². The number of alkyl halides is 3. The van der Waals surface area contributed by atoms with Crippen molar-refractivity contribution in [3.8, 4) is 0 Å². The predicted molar refractivity (Wildman–Crippen MR) is 55.9 cm³/mol. The Labute approximate surface area is 103 Å². The third kappa shape index (κ3) is 3.79. The number of nitro groups is 1. The molecule has 6 nitrogen and oxygen atoms in total. The van der Waals surface area contributed by atoms with Crippen molar-refractivity contribution < 1.29 is 27.3 Å². The highest BCUT2D eigenvalue weighted by molar-refractivity contribution is 5.99. The van der Waals surface area contributed by atoms with Crippen LogP contribution in [0.1, 0.15) is 10.4 Å². The molecule has 1 aromatic carbocycles. The van der Waals surface area contributed by atoms with Gasteiger partial charge in [0.25, 0.3) is 11.6 Å². The fraction of sp³-hybridized carbons (Fsp3) is 0.222. The van der Waals surface area contributed by atoms with Gasteiger partial charge in [-0.3, -0.25) is 14.9 Å². The second-order valence-electron chi connectivity index (χ2n) is 3.45. The van der Waals surface area contributed by atoms with Crippen LogP contribution < -0.4 is 11.1 Å². The zero-order chi connectivity index (χ0) is 14.8. The van der Waals surface area contributed by atoms with Crippen LogP contribution in [0.2, 0.25) is 0 Å². The lowest BCUT2D eigenvalue weighted by atomic mass is 10.1. The summed E-state index contributed by atoms with van der Waals surface area (Å²) in [6.07, 6.45) is -4.67. The fourth-order valence-electron chi connectivity index (χ4n) is 1.19. The third-order valence-electron chi connectivity index (χ3n) is 2.01. The molecule has 0 saturated carbocycles. The van der Waals surface area contributed by atoms with E-state index < -0.39 is 46.3 Å². The molecule has 0 saturated heterocycles. The van der Waals surface area contributed by atoms with E-state index in [0.717, 1.165) is 0 Å². The molecule has 0 heterocycles. The number of nitro benzene ring substituents is 1. The van der Waals surface area contributed by atoms with Gasteiger partial charge in [0.2, 0.25) is 0 Å². The first kappa shape index (κ1) is 14.7. The average molecular weight is 281 g/mol. The first-order valence-electron chi connectivity index (χ1n) is 4.70. The maximum Gasteiger partial charge on any atom is 0.405 e. The Morgan fingerprint density at radius 2 is 2.00 bits per heavy atom. The van der Waals surface area contributed by atoms with Crippen LogP contribution in [0.25, 0.3) is 0 Å². The molecule has 0 atom stereocenters. The molecule has 3 N–H and O–H groups in total. The maximum atomic E-state index is 13.0. The maximum absolute atomic E-state index is 13.0. The van der Waals surface area contributed by atoms with Crippen molar-refractivity contribution in [3.05, 3.63) is 33.6 Å². The highest BCUT2D eigenvalue weighted by Gasteiger charge is 2.30. The number of nitrogens with zero attached hydrogens (tertiary/aromatic N) is 1. The lowest BCUT2D eigenvalue weighted by molar-refractivity contribution is -0.385. The molecule has 0 unspecified atom stereocenters. The van der Waals surface area contributed by atoms with E-state index in [0.29, 0.717) is 12.1 Å². The van der Waals surface area contributed by atoms with E-state index in [1.165, 1.54) is 5.32 Å². The number of halogens is 4. The van der Waals surface area contributed by atoms with Gasteiger partial charge >= 0.3 is 6.18 Å². The van der Waals surface area contributed by atoms with Crippen molar-refractivity contribution in [2.24, 2.45) is 0 Å². The van der Waals surface area contributed by atoms with Crippen molar-refractivity contribution >= 4 is 17.3 Å². The molecular formula is C9H7F4N3O3. The number of amides is 1. The smallest absolute Gasteiger partial charge is 0.396 e. The number of nitrogens with one attached hydrogen (secondary N) is 1. The zero-order valence-corrected chi connectivity index (χ0v) is 9.12. The van der Waals surface area contributed by atoms with Crippen molar-refractivity contribution in [2.45, 2.75) is 6.18 Å². The quantitative estimate of drug-likeness (QED) is 0.380. The van der Waals surface area contributed by atoms with Crippen molar-refractivity contribution in [1.29, 1.82) is 0 Å². The number of carbonyl (C=O) groups is 1. The van der Waals surface area contributed by atoms with Crippen molar-refractivity contribution in [2.75, 3.05) is 12.3 Å². The van der Waals surface area contributed by atoms with Crippen LogP contribution in [0.4, 0.5) is 28.9 Å². The van der Waals surface area contributed by atoms with E-state index >= 15 is 0 Å². The summed E-state index contributed by atoms with van der Waals surface area (Å²) in [5.74, 6) is -2.50. The van der Waals surface area contributed by atoms with E-state index in [-0.39, 0.29) is 0 Å². The molecule has 104 valence electrons. The molecule has 0 radical (unpaired) electrons. The minimum absolute atomic E-state index is 0.373. The normalized spacial score (nSPS) is 11.2. The summed E-state index contributed by atoms with van der Waals surface area (Å²) in [6.45, 7) is -1.67. The van der Waals surface area contributed by atoms with Gasteiger partial charge in [0.15, 0.2) is 5.82 Å². The van der Waals surface area contributed by atoms with Crippen LogP contribution >= 0.6 is 0 Å². The van der Waals surface area contributed by atoms with Gasteiger partial charge < -0.3 is 11.1 Å². The highest BCUT2D eigenvalue weighted by Crippen LogP contribution is 2.24. The van der Waals surface area contributed by atoms with E-state index in [4.69, 9.17) is 5.73 Å². The average Bonchev–Trinajstić information content (AvgIpc) is 2.27. The molecule has 0 aromatic heterocycles. The van der Waals surface area contributed by atoms with Gasteiger partial charge in [-0.2, -0.15) is 13.2 Å². The molecule has 0 aliphatic heterocycles. The minimum atomic E-state index is -4.67. The lowest BCUT2D eigenvalue weighted by Gasteiger charge is -2.09. The Balaban J connectivity index is 3.08. The van der Waals surface area contributed by atoms with Crippen LogP contribution in [0, 0.1) is 15.9 Å². The standard InChI is InChI=1S/C9H7F4N3O3/c10-5-2-7(16(18)19)4(1-6(5)14)8(17)15-3-9(11,12)13/h1-2H,3,14H2,(H,15,17). The number of benzene rings is 1. The van der Waals surface area contributed by atoms with Crippen molar-refractivity contribution in [3.63, 3.8) is 0 Å². The van der Waals surface area contributed by atoms with Gasteiger partial charge in [-0.15, -0.1) is 0 Å². The summed E-state index contributed by atoms with van der Waals surface area (Å²) in [5, 5.41) is 12.0. The first-order chi connectivity index (χ1) is 8.61. The van der Waals surface area contributed by atoms with E-state index in [1.807, 2.05) is 0 Å². The topological polar surface area (TPSA) is 98.3 Å². The number of hydrogen-bond donors (Lipinski definition) is 2. The summed E-state index contributed by atoms with van der Waals surface area (Å²) in [5.41, 5.74) is 2.82. The summed E-state index contributed by atoms with van der Waals surface area (Å²) in [4.78, 5) is 20.9. The number of carbonyl (C=O) groups excluding carboxylic acids is 1. The van der Waals surface area contributed by atoms with E-state index in [9.17, 15) is 32.5 Å². The number of hydrogen-bond acceptors (Lipinski definition) is 4. The van der Waals surface area contributed by atoms with Gasteiger partial charge in [-0.05, 0) is 6.07 Å². The van der Waals surface area contributed by atoms with Crippen LogP contribution in [-0.4, -0.2) is 23.6 Å². The molecular weight excluding hydrogens is 274 g/mol. The van der Waals surface area contributed by atoms with Crippen molar-refractivity contribution in [1.82, 2.24) is 5.32 Å². The third-order valence-corrected chi connectivity index (χ3v) is 2.01. The summed E-state index contributed by atoms with van der Waals surface area (Å²) in [6, 6.07) is 0.983. The second-order valence-corrected chi connectivity index (χ2v) is 3.45. The fourth-order valence-corrected chi connectivity index (χ4v) is 1.19. The molecule has 19 heavy (non-hydrogen) atoms. The second kappa shape index (κ2) is 5.08. The van der Waals surface area contributed by atoms with Crippen LogP contribution in [0.3, 0.4) is 0 Å². The van der Waals surface area contributed by atoms with E-state index in [1.54, 1.807) is 0 Å². The number of rotatable bonds is 3. The molecule has 0 aliphatic carbocycles. The molecule has 10 heteroatoms. The van der Waals surface area contributed by atoms with Gasteiger partial charge in [0.05, 0.1) is 16.7 Å². The Kier molecular flexibility index (Phi) is 3.92. The summed E-state index contributed by atoms with van der Waals surface area (Å²) in [7, 11) is 0. The Hall–Kier alpha value is -2.39. The highest BCUT2D eigenvalue weighted by atomic mass is 19.4. The number of anilines is 1. The monoisotopic (exact) mass is 281 g/mol. The van der Waals surface area contributed by atoms with Gasteiger partial charge in [-0.25, -0.2) is 4.39 Å². The lowest BCUT2D eigenvalue weighted by Crippen LogP contribution is -2.34. The molecule has 1 amide bonds. The number of nitrogen functional groups attached to an aromatic ring is 1. The molecule has 1 aromatic rings. The van der Waals surface area contributed by atoms with Gasteiger partial charge in [-0.1, -0.05) is 0 Å². The molecule has 0 fully saturated rings. The SMILES string of the molecule is Nc1cc(C(=O)NCC(F)(F)F)c([N+](=O)[O-])cc1F. The predicted octanol–water partition coefficient (Wildman–Crippen LogP) is 1.61. The van der Waals surface area contributed by atoms with E-state index in [2.05, 4.69) is 0 Å². The molecule has 0 aliphatic rings. The summed E-state index contributed by atoms with van der Waals surface area (Å²) < 4.78 is 48.7. The van der Waals surface area contributed by atoms with Crippen LogP contribution in [-0.2, 0) is 0 Å². The number of nitrogens with two attached hydrogens (primary N) is 1. The zero-order valence-electron chi connectivity index (χ0n) is 9.12. The molecule has 0 spiro atoms. The van der Waals surface area contributed by atoms with Gasteiger partial charge in [0.1, 0.15) is 12.1 Å². The van der Waals surface area contributed by atoms with Crippen LogP contribution in [0.15, 0.2) is 12.1 Å². The molecule has 1 rings (SSSR count). The van der Waals surface area contributed by atoms with Crippen LogP contribution in [0.5, 0.6) is 0 Å². The largest absolute Gasteiger partial charge is 0.405 e.